The number of methoxy groups -OCH3 is 1. The molecule has 0 radical (unpaired) electrons. The summed E-state index contributed by atoms with van der Waals surface area (Å²) in [6.45, 7) is 5.02. The van der Waals surface area contributed by atoms with Crippen molar-refractivity contribution in [3.05, 3.63) is 0 Å². The topological polar surface area (TPSA) is 79.9 Å². The van der Waals surface area contributed by atoms with Crippen LogP contribution in [0.2, 0.25) is 0 Å². The van der Waals surface area contributed by atoms with Crippen molar-refractivity contribution in [2.45, 2.75) is 44.6 Å². The molecule has 0 saturated carbocycles. The first-order valence-electron chi connectivity index (χ1n) is 9.11. The smallest absolute Gasteiger partial charge is 0.317 e. The molecule has 0 atom stereocenters. The maximum absolute atomic E-state index is 12.1. The van der Waals surface area contributed by atoms with Crippen molar-refractivity contribution < 1.29 is 19.1 Å². The zero-order chi connectivity index (χ0) is 17.2. The summed E-state index contributed by atoms with van der Waals surface area (Å²) in [4.78, 5) is 24.9. The number of nitrogens with zero attached hydrogens (tertiary/aromatic N) is 1. The summed E-state index contributed by atoms with van der Waals surface area (Å²) in [6.07, 6.45) is 5.43. The number of amides is 2. The number of nitrogens with one attached hydrogen (secondary N) is 2. The lowest BCUT2D eigenvalue weighted by Crippen LogP contribution is -2.46. The molecule has 0 aliphatic carbocycles. The minimum atomic E-state index is -0.240. The van der Waals surface area contributed by atoms with E-state index in [1.807, 2.05) is 4.90 Å². The first-order valence-corrected chi connectivity index (χ1v) is 9.11. The van der Waals surface area contributed by atoms with Crippen LogP contribution in [0.3, 0.4) is 0 Å². The highest BCUT2D eigenvalue weighted by molar-refractivity contribution is 5.74. The van der Waals surface area contributed by atoms with Gasteiger partial charge in [0, 0.05) is 32.7 Å². The van der Waals surface area contributed by atoms with Crippen molar-refractivity contribution in [2.75, 3.05) is 46.4 Å². The third-order valence-electron chi connectivity index (χ3n) is 4.82. The normalized spacial score (nSPS) is 20.0. The Morgan fingerprint density at radius 2 is 1.88 bits per heavy atom. The summed E-state index contributed by atoms with van der Waals surface area (Å²) in [7, 11) is 1.37. The molecule has 2 aliphatic rings. The second kappa shape index (κ2) is 10.5. The second-order valence-electron chi connectivity index (χ2n) is 6.62. The maximum Gasteiger partial charge on any atom is 0.317 e. The van der Waals surface area contributed by atoms with Gasteiger partial charge in [-0.15, -0.1) is 0 Å². The minimum Gasteiger partial charge on any atom is -0.469 e. The number of piperidine rings is 2. The molecule has 24 heavy (non-hydrogen) atoms. The first kappa shape index (κ1) is 19.0. The van der Waals surface area contributed by atoms with Gasteiger partial charge in [0.15, 0.2) is 0 Å². The Balaban J connectivity index is 1.54. The number of hydrogen-bond acceptors (Lipinski definition) is 5. The summed E-state index contributed by atoms with van der Waals surface area (Å²) in [5.74, 6) is 0.443. The molecule has 2 heterocycles. The highest BCUT2D eigenvalue weighted by Crippen LogP contribution is 2.18. The van der Waals surface area contributed by atoms with Crippen LogP contribution < -0.4 is 10.6 Å². The Labute approximate surface area is 144 Å². The molecule has 138 valence electrons. The monoisotopic (exact) mass is 341 g/mol. The number of ether oxygens (including phenoxy) is 2. The standard InChI is InChI=1S/C17H31N3O4/c1-23-16(21)3-2-8-19-17(22)20-11-6-15(7-12-20)24-13-14-4-9-18-10-5-14/h14-15,18H,2-13H2,1H3,(H,19,22). The molecule has 2 N–H and O–H groups in total. The van der Waals surface area contributed by atoms with Crippen LogP contribution >= 0.6 is 0 Å². The lowest BCUT2D eigenvalue weighted by molar-refractivity contribution is -0.140. The Hall–Kier alpha value is -1.34. The van der Waals surface area contributed by atoms with Gasteiger partial charge in [-0.05, 0) is 51.1 Å². The van der Waals surface area contributed by atoms with Crippen LogP contribution in [0.4, 0.5) is 4.79 Å². The van der Waals surface area contributed by atoms with Gasteiger partial charge in [-0.1, -0.05) is 0 Å². The SMILES string of the molecule is COC(=O)CCCNC(=O)N1CCC(OCC2CCNCC2)CC1. The molecule has 2 aliphatic heterocycles. The quantitative estimate of drug-likeness (QED) is 0.536. The fourth-order valence-electron chi connectivity index (χ4n) is 3.19. The molecule has 0 aromatic carbocycles. The van der Waals surface area contributed by atoms with Crippen LogP contribution in [0.25, 0.3) is 0 Å². The predicted molar refractivity (Wildman–Crippen MR) is 90.8 cm³/mol. The zero-order valence-electron chi connectivity index (χ0n) is 14.7. The van der Waals surface area contributed by atoms with Crippen molar-refractivity contribution in [3.8, 4) is 0 Å². The number of urea groups is 1. The van der Waals surface area contributed by atoms with Crippen LogP contribution in [0.15, 0.2) is 0 Å². The molecular formula is C17H31N3O4. The third kappa shape index (κ3) is 6.65. The summed E-state index contributed by atoms with van der Waals surface area (Å²) in [6, 6.07) is -0.0447. The lowest BCUT2D eigenvalue weighted by atomic mass is 9.99. The van der Waals surface area contributed by atoms with Gasteiger partial charge in [-0.25, -0.2) is 4.79 Å². The number of esters is 1. The number of likely N-dealkylation sites (tertiary alicyclic amines) is 1. The zero-order valence-corrected chi connectivity index (χ0v) is 14.7. The van der Waals surface area contributed by atoms with Crippen molar-refractivity contribution >= 4 is 12.0 Å². The van der Waals surface area contributed by atoms with Crippen molar-refractivity contribution in [1.82, 2.24) is 15.5 Å². The molecule has 7 heteroatoms. The van der Waals surface area contributed by atoms with Crippen molar-refractivity contribution in [3.63, 3.8) is 0 Å². The van der Waals surface area contributed by atoms with E-state index in [9.17, 15) is 9.59 Å². The van der Waals surface area contributed by atoms with Crippen LogP contribution in [0, 0.1) is 5.92 Å². The Bertz CT molecular complexity index is 391. The second-order valence-corrected chi connectivity index (χ2v) is 6.62. The van der Waals surface area contributed by atoms with Gasteiger partial charge >= 0.3 is 12.0 Å². The van der Waals surface area contributed by atoms with Gasteiger partial charge in [0.05, 0.1) is 13.2 Å². The Morgan fingerprint density at radius 3 is 2.54 bits per heavy atom. The molecule has 7 nitrogen and oxygen atoms in total. The molecule has 2 rings (SSSR count). The largest absolute Gasteiger partial charge is 0.469 e. The van der Waals surface area contributed by atoms with E-state index in [-0.39, 0.29) is 18.1 Å². The maximum atomic E-state index is 12.1. The van der Waals surface area contributed by atoms with E-state index in [0.717, 1.165) is 45.6 Å². The highest BCUT2D eigenvalue weighted by Gasteiger charge is 2.24. The Morgan fingerprint density at radius 1 is 1.17 bits per heavy atom. The van der Waals surface area contributed by atoms with Gasteiger partial charge in [0.2, 0.25) is 0 Å². The van der Waals surface area contributed by atoms with Crippen LogP contribution in [0.1, 0.15) is 38.5 Å². The van der Waals surface area contributed by atoms with E-state index in [2.05, 4.69) is 15.4 Å². The van der Waals surface area contributed by atoms with Gasteiger partial charge in [0.25, 0.3) is 0 Å². The number of carbonyl (C=O) groups excluding carboxylic acids is 2. The number of rotatable bonds is 7. The molecule has 0 unspecified atom stereocenters. The van der Waals surface area contributed by atoms with E-state index < -0.39 is 0 Å². The summed E-state index contributed by atoms with van der Waals surface area (Å²) < 4.78 is 10.6. The predicted octanol–water partition coefficient (Wildman–Crippen LogP) is 1.13. The van der Waals surface area contributed by atoms with Crippen LogP contribution in [-0.4, -0.2) is 69.4 Å². The van der Waals surface area contributed by atoms with Gasteiger partial charge < -0.3 is 25.0 Å². The Kier molecular flexibility index (Phi) is 8.32. The molecule has 2 fully saturated rings. The minimum absolute atomic E-state index is 0.0447. The van der Waals surface area contributed by atoms with Gasteiger partial charge in [0.1, 0.15) is 0 Å². The first-order chi connectivity index (χ1) is 11.7. The van der Waals surface area contributed by atoms with E-state index in [4.69, 9.17) is 4.74 Å². The molecule has 0 bridgehead atoms. The van der Waals surface area contributed by atoms with E-state index in [1.54, 1.807) is 0 Å². The average Bonchev–Trinajstić information content (AvgIpc) is 2.64. The number of hydrogen-bond donors (Lipinski definition) is 2. The van der Waals surface area contributed by atoms with Gasteiger partial charge in [-0.3, -0.25) is 4.79 Å². The summed E-state index contributed by atoms with van der Waals surface area (Å²) in [5.41, 5.74) is 0. The third-order valence-corrected chi connectivity index (χ3v) is 4.82. The molecule has 0 aromatic heterocycles. The molecule has 0 aromatic rings. The molecular weight excluding hydrogens is 310 g/mol. The van der Waals surface area contributed by atoms with E-state index >= 15 is 0 Å². The fourth-order valence-corrected chi connectivity index (χ4v) is 3.19. The van der Waals surface area contributed by atoms with E-state index in [1.165, 1.54) is 20.0 Å². The molecule has 2 saturated heterocycles. The van der Waals surface area contributed by atoms with Crippen LogP contribution in [0.5, 0.6) is 0 Å². The number of carbonyl (C=O) groups is 2. The summed E-state index contributed by atoms with van der Waals surface area (Å²) in [5, 5.41) is 6.23. The molecule has 0 spiro atoms. The lowest BCUT2D eigenvalue weighted by Gasteiger charge is -2.33. The fraction of sp³-hybridized carbons (Fsp3) is 0.882. The molecule has 2 amide bonds. The average molecular weight is 341 g/mol. The van der Waals surface area contributed by atoms with Crippen molar-refractivity contribution in [2.24, 2.45) is 5.92 Å². The highest BCUT2D eigenvalue weighted by atomic mass is 16.5. The van der Waals surface area contributed by atoms with Crippen molar-refractivity contribution in [1.29, 1.82) is 0 Å². The summed E-state index contributed by atoms with van der Waals surface area (Å²) >= 11 is 0. The van der Waals surface area contributed by atoms with Crippen LogP contribution in [-0.2, 0) is 14.3 Å². The van der Waals surface area contributed by atoms with E-state index in [0.29, 0.717) is 25.3 Å². The van der Waals surface area contributed by atoms with Gasteiger partial charge in [-0.2, -0.15) is 0 Å².